The van der Waals surface area contributed by atoms with E-state index in [1.54, 1.807) is 0 Å². The van der Waals surface area contributed by atoms with Crippen LogP contribution in [0.15, 0.2) is 24.3 Å². The number of hydrogen-bond donors (Lipinski definition) is 1. The molecule has 86 valence electrons. The van der Waals surface area contributed by atoms with Gasteiger partial charge in [0.05, 0.1) is 0 Å². The smallest absolute Gasteiger partial charge is 0.0482 e. The van der Waals surface area contributed by atoms with E-state index in [0.29, 0.717) is 0 Å². The van der Waals surface area contributed by atoms with Crippen LogP contribution in [0, 0.1) is 6.92 Å². The van der Waals surface area contributed by atoms with Gasteiger partial charge in [-0.05, 0) is 39.1 Å². The Morgan fingerprint density at radius 3 is 2.75 bits per heavy atom. The Bertz CT molecular complexity index is 483. The third-order valence-corrected chi connectivity index (χ3v) is 3.09. The molecule has 0 aliphatic heterocycles. The van der Waals surface area contributed by atoms with Crippen LogP contribution in [0.2, 0.25) is 0 Å². The minimum Gasteiger partial charge on any atom is -0.345 e. The molecule has 0 amide bonds. The minimum absolute atomic E-state index is 1.04. The summed E-state index contributed by atoms with van der Waals surface area (Å²) < 4.78 is 2.41. The predicted octanol–water partition coefficient (Wildman–Crippen LogP) is 2.73. The molecule has 16 heavy (non-hydrogen) atoms. The van der Waals surface area contributed by atoms with Crippen molar-refractivity contribution in [2.45, 2.75) is 26.8 Å². The molecule has 1 aromatic carbocycles. The average Bonchev–Trinajstić information content (AvgIpc) is 2.62. The van der Waals surface area contributed by atoms with Gasteiger partial charge in [-0.25, -0.2) is 0 Å². The summed E-state index contributed by atoms with van der Waals surface area (Å²) in [7, 11) is 2.00. The zero-order valence-electron chi connectivity index (χ0n) is 10.4. The first-order valence-electron chi connectivity index (χ1n) is 5.99. The molecule has 0 aliphatic rings. The lowest BCUT2D eigenvalue weighted by molar-refractivity contribution is 0.700. The monoisotopic (exact) mass is 216 g/mol. The van der Waals surface area contributed by atoms with Crippen LogP contribution >= 0.6 is 0 Å². The van der Waals surface area contributed by atoms with Gasteiger partial charge in [0, 0.05) is 36.1 Å². The van der Waals surface area contributed by atoms with E-state index < -0.39 is 0 Å². The van der Waals surface area contributed by atoms with E-state index in [4.69, 9.17) is 0 Å². The summed E-state index contributed by atoms with van der Waals surface area (Å²) in [6, 6.07) is 9.01. The molecule has 1 heterocycles. The number of benzene rings is 1. The van der Waals surface area contributed by atoms with Crippen molar-refractivity contribution in [2.24, 2.45) is 0 Å². The number of hydrogen-bond acceptors (Lipinski definition) is 1. The van der Waals surface area contributed by atoms with Crippen LogP contribution in [-0.4, -0.2) is 18.2 Å². The third kappa shape index (κ3) is 1.98. The van der Waals surface area contributed by atoms with Crippen molar-refractivity contribution in [1.82, 2.24) is 9.88 Å². The summed E-state index contributed by atoms with van der Waals surface area (Å²) in [5.41, 5.74) is 4.12. The Kier molecular flexibility index (Phi) is 3.30. The molecule has 1 aromatic heterocycles. The summed E-state index contributed by atoms with van der Waals surface area (Å²) in [5, 5.41) is 4.58. The van der Waals surface area contributed by atoms with Crippen LogP contribution in [0.1, 0.15) is 18.2 Å². The summed E-state index contributed by atoms with van der Waals surface area (Å²) in [6.45, 7) is 6.44. The number of fused-ring (bicyclic) bond motifs is 1. The van der Waals surface area contributed by atoms with Gasteiger partial charge >= 0.3 is 0 Å². The van der Waals surface area contributed by atoms with Crippen molar-refractivity contribution >= 4 is 10.9 Å². The summed E-state index contributed by atoms with van der Waals surface area (Å²) in [4.78, 5) is 0. The molecule has 2 aromatic rings. The molecule has 2 rings (SSSR count). The Hall–Kier alpha value is -1.28. The molecule has 0 bridgehead atoms. The number of aromatic nitrogens is 1. The lowest BCUT2D eigenvalue weighted by atomic mass is 10.2. The van der Waals surface area contributed by atoms with E-state index in [2.05, 4.69) is 48.0 Å². The van der Waals surface area contributed by atoms with Gasteiger partial charge in [0.2, 0.25) is 0 Å². The molecular formula is C14H20N2. The molecule has 1 N–H and O–H groups in total. The normalized spacial score (nSPS) is 11.2. The maximum absolute atomic E-state index is 3.21. The number of nitrogens with zero attached hydrogens (tertiary/aromatic N) is 1. The van der Waals surface area contributed by atoms with Gasteiger partial charge in [0.25, 0.3) is 0 Å². The van der Waals surface area contributed by atoms with Crippen molar-refractivity contribution in [3.05, 3.63) is 35.5 Å². The molecule has 0 spiro atoms. The van der Waals surface area contributed by atoms with Crippen LogP contribution in [0.25, 0.3) is 10.9 Å². The molecule has 0 saturated heterocycles. The second-order valence-electron chi connectivity index (χ2n) is 4.30. The van der Waals surface area contributed by atoms with Crippen molar-refractivity contribution in [3.8, 4) is 0 Å². The molecular weight excluding hydrogens is 196 g/mol. The van der Waals surface area contributed by atoms with Gasteiger partial charge in [-0.3, -0.25) is 0 Å². The van der Waals surface area contributed by atoms with Gasteiger partial charge in [-0.15, -0.1) is 0 Å². The van der Waals surface area contributed by atoms with E-state index in [1.807, 2.05) is 7.05 Å². The molecule has 2 nitrogen and oxygen atoms in total. The maximum atomic E-state index is 3.21. The van der Waals surface area contributed by atoms with Crippen molar-refractivity contribution in [1.29, 1.82) is 0 Å². The first kappa shape index (κ1) is 11.2. The van der Waals surface area contributed by atoms with Crippen LogP contribution in [0.3, 0.4) is 0 Å². The summed E-state index contributed by atoms with van der Waals surface area (Å²) >= 11 is 0. The first-order valence-corrected chi connectivity index (χ1v) is 5.99. The van der Waals surface area contributed by atoms with E-state index in [1.165, 1.54) is 22.2 Å². The largest absolute Gasteiger partial charge is 0.345 e. The zero-order valence-corrected chi connectivity index (χ0v) is 10.4. The molecule has 0 atom stereocenters. The second-order valence-corrected chi connectivity index (χ2v) is 4.30. The van der Waals surface area contributed by atoms with Gasteiger partial charge in [-0.2, -0.15) is 0 Å². The topological polar surface area (TPSA) is 17.0 Å². The fraction of sp³-hybridized carbons (Fsp3) is 0.429. The number of aryl methyl sites for hydroxylation is 2. The maximum Gasteiger partial charge on any atom is 0.0482 e. The third-order valence-electron chi connectivity index (χ3n) is 3.09. The van der Waals surface area contributed by atoms with Gasteiger partial charge in [-0.1, -0.05) is 11.6 Å². The molecule has 0 saturated carbocycles. The molecule has 0 fully saturated rings. The molecule has 0 aliphatic carbocycles. The van der Waals surface area contributed by atoms with Crippen LogP contribution < -0.4 is 5.32 Å². The molecule has 0 unspecified atom stereocenters. The van der Waals surface area contributed by atoms with Crippen LogP contribution in [0.5, 0.6) is 0 Å². The lowest BCUT2D eigenvalue weighted by Gasteiger charge is -2.07. The van der Waals surface area contributed by atoms with Gasteiger partial charge in [0.15, 0.2) is 0 Å². The first-order chi connectivity index (χ1) is 7.76. The standard InChI is InChI=1S/C14H20N2/c1-4-16-13(7-8-15-3)10-12-9-11(2)5-6-14(12)16/h5-6,9-10,15H,4,7-8H2,1-3H3. The zero-order chi connectivity index (χ0) is 11.5. The number of nitrogens with one attached hydrogen (secondary N) is 1. The van der Waals surface area contributed by atoms with Crippen LogP contribution in [0.4, 0.5) is 0 Å². The quantitative estimate of drug-likeness (QED) is 0.831. The number of rotatable bonds is 4. The second kappa shape index (κ2) is 4.71. The highest BCUT2D eigenvalue weighted by Crippen LogP contribution is 2.21. The van der Waals surface area contributed by atoms with E-state index in [9.17, 15) is 0 Å². The fourth-order valence-corrected chi connectivity index (χ4v) is 2.28. The highest BCUT2D eigenvalue weighted by Gasteiger charge is 2.06. The van der Waals surface area contributed by atoms with Crippen LogP contribution in [-0.2, 0) is 13.0 Å². The Morgan fingerprint density at radius 1 is 1.25 bits per heavy atom. The Labute approximate surface area is 97.3 Å². The SMILES string of the molecule is CCn1c(CCNC)cc2cc(C)ccc21. The fourth-order valence-electron chi connectivity index (χ4n) is 2.28. The highest BCUT2D eigenvalue weighted by atomic mass is 15.0. The van der Waals surface area contributed by atoms with E-state index in [-0.39, 0.29) is 0 Å². The van der Waals surface area contributed by atoms with Crippen molar-refractivity contribution < 1.29 is 0 Å². The van der Waals surface area contributed by atoms with Crippen molar-refractivity contribution in [3.63, 3.8) is 0 Å². The lowest BCUT2D eigenvalue weighted by Crippen LogP contribution is -2.12. The molecule has 0 radical (unpaired) electrons. The predicted molar refractivity (Wildman–Crippen MR) is 70.0 cm³/mol. The Balaban J connectivity index is 2.48. The van der Waals surface area contributed by atoms with Gasteiger partial charge < -0.3 is 9.88 Å². The summed E-state index contributed by atoms with van der Waals surface area (Å²) in [6.07, 6.45) is 1.10. The molecule has 2 heteroatoms. The summed E-state index contributed by atoms with van der Waals surface area (Å²) in [5.74, 6) is 0. The van der Waals surface area contributed by atoms with E-state index in [0.717, 1.165) is 19.5 Å². The van der Waals surface area contributed by atoms with E-state index >= 15 is 0 Å². The Morgan fingerprint density at radius 2 is 2.06 bits per heavy atom. The average molecular weight is 216 g/mol. The van der Waals surface area contributed by atoms with Gasteiger partial charge in [0.1, 0.15) is 0 Å². The minimum atomic E-state index is 1.04. The number of likely N-dealkylation sites (N-methyl/N-ethyl adjacent to an activating group) is 1. The van der Waals surface area contributed by atoms with Crippen molar-refractivity contribution in [2.75, 3.05) is 13.6 Å². The highest BCUT2D eigenvalue weighted by molar-refractivity contribution is 5.82.